The Morgan fingerprint density at radius 1 is 1.50 bits per heavy atom. The molecule has 0 bridgehead atoms. The molecule has 0 saturated carbocycles. The number of hydrogen-bond acceptors (Lipinski definition) is 3. The number of nitrogens with two attached hydrogens (primary N) is 1. The molecule has 0 aliphatic carbocycles. The molecule has 1 heterocycles. The van der Waals surface area contributed by atoms with Gasteiger partial charge < -0.3 is 10.8 Å². The second-order valence-corrected chi connectivity index (χ2v) is 7.49. The maximum atomic E-state index is 11.8. The normalized spacial score (nSPS) is 20.7. The third-order valence-electron chi connectivity index (χ3n) is 3.98. The zero-order chi connectivity index (χ0) is 14.8. The second kappa shape index (κ2) is 6.19. The molecule has 0 radical (unpaired) electrons. The van der Waals surface area contributed by atoms with Crippen LogP contribution < -0.4 is 5.73 Å². The van der Waals surface area contributed by atoms with E-state index in [2.05, 4.69) is 26.0 Å². The van der Waals surface area contributed by atoms with Gasteiger partial charge in [-0.25, -0.2) is 0 Å². The SMILES string of the molecule is CC(C)CC(CN)(CC1Cc2ccccc2S1)C(=O)O. The fourth-order valence-corrected chi connectivity index (χ4v) is 4.58. The van der Waals surface area contributed by atoms with Gasteiger partial charge in [-0.15, -0.1) is 11.8 Å². The number of rotatable bonds is 6. The number of hydrogen-bond donors (Lipinski definition) is 2. The minimum atomic E-state index is -0.784. The topological polar surface area (TPSA) is 63.3 Å². The van der Waals surface area contributed by atoms with Gasteiger partial charge in [0.15, 0.2) is 0 Å². The van der Waals surface area contributed by atoms with Crippen LogP contribution in [0.2, 0.25) is 0 Å². The van der Waals surface area contributed by atoms with Crippen molar-refractivity contribution in [2.24, 2.45) is 17.1 Å². The maximum absolute atomic E-state index is 11.8. The summed E-state index contributed by atoms with van der Waals surface area (Å²) in [4.78, 5) is 13.0. The van der Waals surface area contributed by atoms with Gasteiger partial charge >= 0.3 is 5.97 Å². The van der Waals surface area contributed by atoms with E-state index in [0.717, 1.165) is 6.42 Å². The molecule has 3 nitrogen and oxygen atoms in total. The molecule has 0 aromatic heterocycles. The van der Waals surface area contributed by atoms with Gasteiger partial charge in [-0.05, 0) is 36.8 Å². The summed E-state index contributed by atoms with van der Waals surface area (Å²) in [5.41, 5.74) is 6.40. The second-order valence-electron chi connectivity index (χ2n) is 6.14. The van der Waals surface area contributed by atoms with Gasteiger partial charge in [0.05, 0.1) is 5.41 Å². The van der Waals surface area contributed by atoms with E-state index in [-0.39, 0.29) is 6.54 Å². The highest BCUT2D eigenvalue weighted by molar-refractivity contribution is 8.00. The Labute approximate surface area is 124 Å². The van der Waals surface area contributed by atoms with Gasteiger partial charge in [-0.3, -0.25) is 4.79 Å². The number of carbonyl (C=O) groups is 1. The number of thioether (sulfide) groups is 1. The fraction of sp³-hybridized carbons (Fsp3) is 0.562. The first-order valence-electron chi connectivity index (χ1n) is 7.15. The highest BCUT2D eigenvalue weighted by Gasteiger charge is 2.41. The summed E-state index contributed by atoms with van der Waals surface area (Å²) < 4.78 is 0. The van der Waals surface area contributed by atoms with E-state index in [1.165, 1.54) is 10.5 Å². The zero-order valence-electron chi connectivity index (χ0n) is 12.1. The highest BCUT2D eigenvalue weighted by Crippen LogP contribution is 2.43. The molecule has 1 aromatic carbocycles. The van der Waals surface area contributed by atoms with Gasteiger partial charge in [0.2, 0.25) is 0 Å². The summed E-state index contributed by atoms with van der Waals surface area (Å²) in [6.45, 7) is 4.34. The minimum Gasteiger partial charge on any atom is -0.481 e. The van der Waals surface area contributed by atoms with Crippen molar-refractivity contribution in [1.82, 2.24) is 0 Å². The number of benzene rings is 1. The molecule has 2 rings (SSSR count). The van der Waals surface area contributed by atoms with Crippen molar-refractivity contribution in [3.63, 3.8) is 0 Å². The van der Waals surface area contributed by atoms with E-state index in [4.69, 9.17) is 5.73 Å². The lowest BCUT2D eigenvalue weighted by atomic mass is 9.76. The molecule has 0 saturated heterocycles. The molecule has 0 spiro atoms. The summed E-state index contributed by atoms with van der Waals surface area (Å²) in [6.07, 6.45) is 2.25. The number of fused-ring (bicyclic) bond motifs is 1. The molecular weight excluding hydrogens is 270 g/mol. The summed E-state index contributed by atoms with van der Waals surface area (Å²) >= 11 is 1.80. The first-order chi connectivity index (χ1) is 9.47. The lowest BCUT2D eigenvalue weighted by molar-refractivity contribution is -0.149. The Kier molecular flexibility index (Phi) is 4.76. The first-order valence-corrected chi connectivity index (χ1v) is 8.03. The third-order valence-corrected chi connectivity index (χ3v) is 5.29. The van der Waals surface area contributed by atoms with Crippen LogP contribution in [-0.2, 0) is 11.2 Å². The molecule has 1 aliphatic heterocycles. The largest absolute Gasteiger partial charge is 0.481 e. The van der Waals surface area contributed by atoms with Crippen LogP contribution >= 0.6 is 11.8 Å². The third kappa shape index (κ3) is 3.18. The summed E-state index contributed by atoms with van der Waals surface area (Å²) in [6, 6.07) is 8.34. The van der Waals surface area contributed by atoms with Crippen LogP contribution in [0, 0.1) is 11.3 Å². The van der Waals surface area contributed by atoms with Gasteiger partial charge in [0, 0.05) is 16.7 Å². The monoisotopic (exact) mass is 293 g/mol. The molecule has 2 unspecified atom stereocenters. The van der Waals surface area contributed by atoms with E-state index < -0.39 is 11.4 Å². The Morgan fingerprint density at radius 2 is 2.20 bits per heavy atom. The van der Waals surface area contributed by atoms with Crippen molar-refractivity contribution in [3.05, 3.63) is 29.8 Å². The van der Waals surface area contributed by atoms with Crippen LogP contribution in [0.4, 0.5) is 0 Å². The van der Waals surface area contributed by atoms with E-state index in [1.807, 2.05) is 12.1 Å². The lowest BCUT2D eigenvalue weighted by Gasteiger charge is -2.31. The number of carboxylic acid groups (broad SMARTS) is 1. The standard InChI is InChI=1S/C16H23NO2S/c1-11(2)8-16(10-17,15(18)19)9-13-7-12-5-3-4-6-14(12)20-13/h3-6,11,13H,7-10,17H2,1-2H3,(H,18,19). The zero-order valence-corrected chi connectivity index (χ0v) is 13.0. The number of carboxylic acids is 1. The Hall–Kier alpha value is -1.00. The van der Waals surface area contributed by atoms with Crippen LogP contribution in [0.5, 0.6) is 0 Å². The quantitative estimate of drug-likeness (QED) is 0.845. The van der Waals surface area contributed by atoms with Crippen LogP contribution in [0.25, 0.3) is 0 Å². The fourth-order valence-electron chi connectivity index (χ4n) is 3.10. The lowest BCUT2D eigenvalue weighted by Crippen LogP contribution is -2.42. The van der Waals surface area contributed by atoms with Crippen LogP contribution in [0.1, 0.15) is 32.3 Å². The highest BCUT2D eigenvalue weighted by atomic mass is 32.2. The summed E-state index contributed by atoms with van der Waals surface area (Å²) in [5, 5.41) is 9.99. The predicted octanol–water partition coefficient (Wildman–Crippen LogP) is 3.17. The van der Waals surface area contributed by atoms with Crippen molar-refractivity contribution in [2.75, 3.05) is 6.54 Å². The Morgan fingerprint density at radius 3 is 2.75 bits per heavy atom. The molecule has 1 aliphatic rings. The van der Waals surface area contributed by atoms with Crippen molar-refractivity contribution in [1.29, 1.82) is 0 Å². The molecule has 2 atom stereocenters. The minimum absolute atomic E-state index is 0.216. The van der Waals surface area contributed by atoms with Crippen molar-refractivity contribution < 1.29 is 9.90 Å². The van der Waals surface area contributed by atoms with Crippen LogP contribution in [0.15, 0.2) is 29.2 Å². The molecule has 20 heavy (non-hydrogen) atoms. The Bertz CT molecular complexity index is 464. The summed E-state index contributed by atoms with van der Waals surface area (Å²) in [5.74, 6) is -0.409. The molecular formula is C16H23NO2S. The van der Waals surface area contributed by atoms with E-state index in [0.29, 0.717) is 24.0 Å². The molecule has 110 valence electrons. The van der Waals surface area contributed by atoms with Crippen molar-refractivity contribution >= 4 is 17.7 Å². The average Bonchev–Trinajstić information content (AvgIpc) is 2.78. The van der Waals surface area contributed by atoms with Crippen LogP contribution in [-0.4, -0.2) is 22.9 Å². The molecule has 3 N–H and O–H groups in total. The van der Waals surface area contributed by atoms with E-state index in [1.54, 1.807) is 11.8 Å². The van der Waals surface area contributed by atoms with Gasteiger partial charge in [-0.1, -0.05) is 32.0 Å². The number of aliphatic carboxylic acids is 1. The molecule has 4 heteroatoms. The van der Waals surface area contributed by atoms with Crippen molar-refractivity contribution in [3.8, 4) is 0 Å². The molecule has 0 fully saturated rings. The predicted molar refractivity (Wildman–Crippen MR) is 83.0 cm³/mol. The molecule has 0 amide bonds. The molecule has 1 aromatic rings. The first kappa shape index (κ1) is 15.4. The Balaban J connectivity index is 2.12. The smallest absolute Gasteiger partial charge is 0.310 e. The van der Waals surface area contributed by atoms with Crippen molar-refractivity contribution in [2.45, 2.75) is 43.3 Å². The van der Waals surface area contributed by atoms with E-state index >= 15 is 0 Å². The van der Waals surface area contributed by atoms with Gasteiger partial charge in [0.25, 0.3) is 0 Å². The van der Waals surface area contributed by atoms with Gasteiger partial charge in [0.1, 0.15) is 0 Å². The van der Waals surface area contributed by atoms with E-state index in [9.17, 15) is 9.90 Å². The van der Waals surface area contributed by atoms with Gasteiger partial charge in [-0.2, -0.15) is 0 Å². The maximum Gasteiger partial charge on any atom is 0.310 e. The van der Waals surface area contributed by atoms with Crippen LogP contribution in [0.3, 0.4) is 0 Å². The average molecular weight is 293 g/mol. The summed E-state index contributed by atoms with van der Waals surface area (Å²) in [7, 11) is 0.